The summed E-state index contributed by atoms with van der Waals surface area (Å²) in [6.07, 6.45) is 0.854. The smallest absolute Gasteiger partial charge is 0.154 e. The molecule has 92 valence electrons. The molecule has 0 rings (SSSR count). The third-order valence-corrected chi connectivity index (χ3v) is 5.20. The molecule has 0 aliphatic heterocycles. The Kier molecular flexibility index (Phi) is 6.44. The van der Waals surface area contributed by atoms with Crippen LogP contribution in [0.15, 0.2) is 0 Å². The largest absolute Gasteiger partial charge is 0.313 e. The first-order valence-corrected chi connectivity index (χ1v) is 7.51. The van der Waals surface area contributed by atoms with Gasteiger partial charge in [0.15, 0.2) is 9.84 Å². The molecular formula is C11H25NO2S. The van der Waals surface area contributed by atoms with Crippen LogP contribution in [0.3, 0.4) is 0 Å². The highest BCUT2D eigenvalue weighted by Gasteiger charge is 2.28. The normalized spacial score (nSPS) is 16.7. The molecule has 1 N–H and O–H groups in total. The SMILES string of the molecule is CCNC(CC)C(C)S(=O)(=O)CC(C)C. The summed E-state index contributed by atoms with van der Waals surface area (Å²) < 4.78 is 24.0. The quantitative estimate of drug-likeness (QED) is 0.732. The molecule has 0 heterocycles. The lowest BCUT2D eigenvalue weighted by Crippen LogP contribution is -2.43. The molecule has 4 heteroatoms. The van der Waals surface area contributed by atoms with Crippen LogP contribution in [-0.4, -0.2) is 32.0 Å². The van der Waals surface area contributed by atoms with Gasteiger partial charge < -0.3 is 5.32 Å². The molecular weight excluding hydrogens is 210 g/mol. The van der Waals surface area contributed by atoms with Crippen molar-refractivity contribution < 1.29 is 8.42 Å². The fourth-order valence-corrected chi connectivity index (χ4v) is 3.79. The van der Waals surface area contributed by atoms with Crippen LogP contribution in [0, 0.1) is 5.92 Å². The lowest BCUT2D eigenvalue weighted by molar-refractivity contribution is 0.480. The van der Waals surface area contributed by atoms with Gasteiger partial charge in [-0.1, -0.05) is 27.7 Å². The van der Waals surface area contributed by atoms with E-state index in [1.807, 2.05) is 34.6 Å². The molecule has 0 radical (unpaired) electrons. The highest BCUT2D eigenvalue weighted by atomic mass is 32.2. The third kappa shape index (κ3) is 4.98. The van der Waals surface area contributed by atoms with Gasteiger partial charge in [-0.25, -0.2) is 8.42 Å². The zero-order chi connectivity index (χ0) is 12.1. The Hall–Kier alpha value is -0.0900. The molecule has 0 fully saturated rings. The molecule has 0 saturated heterocycles. The van der Waals surface area contributed by atoms with Gasteiger partial charge in [0, 0.05) is 6.04 Å². The highest BCUT2D eigenvalue weighted by Crippen LogP contribution is 2.13. The van der Waals surface area contributed by atoms with E-state index < -0.39 is 9.84 Å². The van der Waals surface area contributed by atoms with Crippen LogP contribution in [0.5, 0.6) is 0 Å². The van der Waals surface area contributed by atoms with Crippen molar-refractivity contribution in [2.45, 2.75) is 52.3 Å². The van der Waals surface area contributed by atoms with Crippen LogP contribution in [0.2, 0.25) is 0 Å². The summed E-state index contributed by atoms with van der Waals surface area (Å²) in [5, 5.41) is 2.95. The van der Waals surface area contributed by atoms with Gasteiger partial charge in [-0.05, 0) is 25.8 Å². The number of hydrogen-bond acceptors (Lipinski definition) is 3. The number of sulfone groups is 1. The Morgan fingerprint density at radius 1 is 1.13 bits per heavy atom. The number of hydrogen-bond donors (Lipinski definition) is 1. The number of nitrogens with one attached hydrogen (secondary N) is 1. The number of rotatable bonds is 7. The minimum atomic E-state index is -2.96. The average molecular weight is 235 g/mol. The predicted octanol–water partition coefficient (Wildman–Crippen LogP) is 1.83. The van der Waals surface area contributed by atoms with Gasteiger partial charge in [0.2, 0.25) is 0 Å². The second-order valence-electron chi connectivity index (χ2n) is 4.50. The summed E-state index contributed by atoms with van der Waals surface area (Å²) >= 11 is 0. The third-order valence-electron chi connectivity index (χ3n) is 2.60. The van der Waals surface area contributed by atoms with E-state index in [1.54, 1.807) is 0 Å². The molecule has 0 aliphatic carbocycles. The molecule has 0 aliphatic rings. The van der Waals surface area contributed by atoms with E-state index in [-0.39, 0.29) is 23.0 Å². The van der Waals surface area contributed by atoms with Crippen molar-refractivity contribution in [3.8, 4) is 0 Å². The van der Waals surface area contributed by atoms with Crippen molar-refractivity contribution in [3.63, 3.8) is 0 Å². The van der Waals surface area contributed by atoms with Crippen LogP contribution < -0.4 is 5.32 Å². The summed E-state index contributed by atoms with van der Waals surface area (Å²) in [6.45, 7) is 10.5. The first-order chi connectivity index (χ1) is 6.85. The van der Waals surface area contributed by atoms with Crippen molar-refractivity contribution in [3.05, 3.63) is 0 Å². The fourth-order valence-electron chi connectivity index (χ4n) is 1.77. The molecule has 3 nitrogen and oxygen atoms in total. The summed E-state index contributed by atoms with van der Waals surface area (Å²) in [4.78, 5) is 0. The molecule has 0 bridgehead atoms. The lowest BCUT2D eigenvalue weighted by Gasteiger charge is -2.24. The van der Waals surface area contributed by atoms with E-state index in [2.05, 4.69) is 5.32 Å². The van der Waals surface area contributed by atoms with Crippen molar-refractivity contribution in [2.75, 3.05) is 12.3 Å². The summed E-state index contributed by atoms with van der Waals surface area (Å²) in [5.41, 5.74) is 0. The van der Waals surface area contributed by atoms with Crippen molar-refractivity contribution in [2.24, 2.45) is 5.92 Å². The Morgan fingerprint density at radius 3 is 2.00 bits per heavy atom. The zero-order valence-electron chi connectivity index (χ0n) is 10.6. The minimum absolute atomic E-state index is 0.0822. The van der Waals surface area contributed by atoms with Crippen LogP contribution in [-0.2, 0) is 9.84 Å². The molecule has 15 heavy (non-hydrogen) atoms. The van der Waals surface area contributed by atoms with Gasteiger partial charge in [0.1, 0.15) is 0 Å². The van der Waals surface area contributed by atoms with Crippen molar-refractivity contribution in [1.82, 2.24) is 5.32 Å². The van der Waals surface area contributed by atoms with Crippen LogP contribution in [0.1, 0.15) is 41.0 Å². The average Bonchev–Trinajstić information content (AvgIpc) is 2.11. The molecule has 2 unspecified atom stereocenters. The van der Waals surface area contributed by atoms with Gasteiger partial charge in [0.05, 0.1) is 11.0 Å². The van der Waals surface area contributed by atoms with Crippen molar-refractivity contribution in [1.29, 1.82) is 0 Å². The predicted molar refractivity (Wildman–Crippen MR) is 65.8 cm³/mol. The van der Waals surface area contributed by atoms with E-state index in [4.69, 9.17) is 0 Å². The van der Waals surface area contributed by atoms with Gasteiger partial charge in [-0.15, -0.1) is 0 Å². The van der Waals surface area contributed by atoms with Crippen molar-refractivity contribution >= 4 is 9.84 Å². The molecule has 0 amide bonds. The van der Waals surface area contributed by atoms with Crippen LogP contribution in [0.4, 0.5) is 0 Å². The monoisotopic (exact) mass is 235 g/mol. The van der Waals surface area contributed by atoms with E-state index >= 15 is 0 Å². The van der Waals surface area contributed by atoms with Gasteiger partial charge in [0.25, 0.3) is 0 Å². The van der Waals surface area contributed by atoms with Gasteiger partial charge >= 0.3 is 0 Å². The Balaban J connectivity index is 4.58. The molecule has 0 aromatic carbocycles. The van der Waals surface area contributed by atoms with Crippen LogP contribution >= 0.6 is 0 Å². The molecule has 0 saturated carbocycles. The second-order valence-corrected chi connectivity index (χ2v) is 6.90. The highest BCUT2D eigenvalue weighted by molar-refractivity contribution is 7.92. The summed E-state index contributed by atoms with van der Waals surface area (Å²) in [7, 11) is -2.96. The Labute approximate surface area is 94.6 Å². The lowest BCUT2D eigenvalue weighted by atomic mass is 10.2. The first kappa shape index (κ1) is 14.9. The first-order valence-electron chi connectivity index (χ1n) is 5.80. The summed E-state index contributed by atoms with van der Waals surface area (Å²) in [6, 6.07) is 0.0822. The standard InChI is InChI=1S/C11H25NO2S/c1-6-11(12-7-2)10(5)15(13,14)8-9(3)4/h9-12H,6-8H2,1-5H3. The second kappa shape index (κ2) is 6.48. The Bertz CT molecular complexity index is 260. The maximum atomic E-state index is 12.0. The molecule has 0 spiro atoms. The molecule has 0 aromatic heterocycles. The summed E-state index contributed by atoms with van der Waals surface area (Å²) in [5.74, 6) is 0.493. The van der Waals surface area contributed by atoms with E-state index in [9.17, 15) is 8.42 Å². The molecule has 2 atom stereocenters. The van der Waals surface area contributed by atoms with E-state index in [0.717, 1.165) is 13.0 Å². The van der Waals surface area contributed by atoms with Gasteiger partial charge in [-0.2, -0.15) is 0 Å². The minimum Gasteiger partial charge on any atom is -0.313 e. The maximum absolute atomic E-state index is 12.0. The van der Waals surface area contributed by atoms with E-state index in [1.165, 1.54) is 0 Å². The topological polar surface area (TPSA) is 46.2 Å². The van der Waals surface area contributed by atoms with Gasteiger partial charge in [-0.3, -0.25) is 0 Å². The van der Waals surface area contributed by atoms with E-state index in [0.29, 0.717) is 0 Å². The fraction of sp³-hybridized carbons (Fsp3) is 1.00. The molecule has 0 aromatic rings. The Morgan fingerprint density at radius 2 is 1.67 bits per heavy atom. The maximum Gasteiger partial charge on any atom is 0.154 e. The van der Waals surface area contributed by atoms with Crippen LogP contribution in [0.25, 0.3) is 0 Å². The zero-order valence-corrected chi connectivity index (χ0v) is 11.4.